The molecule has 0 radical (unpaired) electrons. The number of ether oxygens (including phenoxy) is 1. The highest BCUT2D eigenvalue weighted by Gasteiger charge is 2.51. The van der Waals surface area contributed by atoms with Crippen LogP contribution < -0.4 is 5.32 Å². The summed E-state index contributed by atoms with van der Waals surface area (Å²) in [5.41, 5.74) is 5.33. The summed E-state index contributed by atoms with van der Waals surface area (Å²) in [7, 11) is 0. The third kappa shape index (κ3) is 5.24. The number of nitriles is 1. The summed E-state index contributed by atoms with van der Waals surface area (Å²) in [6.07, 6.45) is 4.00. The van der Waals surface area contributed by atoms with Gasteiger partial charge in [-0.05, 0) is 79.9 Å². The zero-order valence-corrected chi connectivity index (χ0v) is 29.8. The minimum absolute atomic E-state index is 0.0620. The molecule has 3 aliphatic heterocycles. The van der Waals surface area contributed by atoms with Crippen molar-refractivity contribution in [3.05, 3.63) is 80.3 Å². The van der Waals surface area contributed by atoms with Crippen LogP contribution in [0.1, 0.15) is 66.8 Å². The maximum absolute atomic E-state index is 17.1. The maximum atomic E-state index is 17.1. The van der Waals surface area contributed by atoms with Gasteiger partial charge in [0.2, 0.25) is 5.91 Å². The third-order valence-corrected chi connectivity index (χ3v) is 12.6. The SMILES string of the molecule is Cc1nc2c(F)c(-c3cccc(Cl)c3Cl)c(CCC#N)cc2c2c1cc(C1CC(OCc3ccsn3)CN1C(=O)C1CC1)n2C1C2CNC1C2. The monoisotopic (exact) mass is 728 g/mol. The molecule has 1 amide bonds. The zero-order chi connectivity index (χ0) is 34.3. The number of likely N-dealkylation sites (tertiary alicyclic amines) is 1. The van der Waals surface area contributed by atoms with Gasteiger partial charge in [0.15, 0.2) is 5.82 Å². The Morgan fingerprint density at radius 2 is 2.06 bits per heavy atom. The van der Waals surface area contributed by atoms with Crippen molar-refractivity contribution in [3.63, 3.8) is 0 Å². The van der Waals surface area contributed by atoms with Crippen molar-refractivity contribution in [2.24, 2.45) is 11.8 Å². The average molecular weight is 730 g/mol. The molecular weight excluding hydrogens is 694 g/mol. The Balaban J connectivity index is 1.25. The Hall–Kier alpha value is -3.59. The number of amides is 1. The van der Waals surface area contributed by atoms with E-state index in [1.165, 1.54) is 11.5 Å². The summed E-state index contributed by atoms with van der Waals surface area (Å²) in [6.45, 7) is 3.78. The van der Waals surface area contributed by atoms with Crippen molar-refractivity contribution in [3.8, 4) is 17.2 Å². The smallest absolute Gasteiger partial charge is 0.226 e. The molecule has 2 aromatic carbocycles. The molecule has 5 unspecified atom stereocenters. The molecule has 0 spiro atoms. The number of carbonyl (C=O) groups is 1. The second kappa shape index (κ2) is 12.6. The summed E-state index contributed by atoms with van der Waals surface area (Å²) in [5.74, 6) is 0.201. The highest BCUT2D eigenvalue weighted by Crippen LogP contribution is 2.51. The van der Waals surface area contributed by atoms with E-state index in [1.54, 1.807) is 18.2 Å². The van der Waals surface area contributed by atoms with E-state index in [1.807, 2.05) is 29.3 Å². The van der Waals surface area contributed by atoms with E-state index in [-0.39, 0.29) is 53.0 Å². The number of carbonyl (C=O) groups excluding carboxylic acids is 1. The fraction of sp³-hybridized carbons (Fsp3) is 0.421. The molecule has 50 heavy (non-hydrogen) atoms. The summed E-state index contributed by atoms with van der Waals surface area (Å²) < 4.78 is 30.4. The Morgan fingerprint density at radius 1 is 1.20 bits per heavy atom. The van der Waals surface area contributed by atoms with Gasteiger partial charge in [0, 0.05) is 76.6 Å². The molecule has 8 nitrogen and oxygen atoms in total. The number of halogens is 3. The van der Waals surface area contributed by atoms with Gasteiger partial charge in [-0.15, -0.1) is 0 Å². The normalized spacial score (nSPS) is 24.3. The molecule has 2 bridgehead atoms. The van der Waals surface area contributed by atoms with Crippen molar-refractivity contribution in [2.45, 2.75) is 76.3 Å². The minimum atomic E-state index is -0.476. The van der Waals surface area contributed by atoms with Crippen LogP contribution in [-0.2, 0) is 22.6 Å². The fourth-order valence-electron chi connectivity index (χ4n) is 8.62. The molecule has 256 valence electrons. The molecule has 12 heteroatoms. The highest BCUT2D eigenvalue weighted by molar-refractivity contribution is 7.03. The minimum Gasteiger partial charge on any atom is -0.370 e. The van der Waals surface area contributed by atoms with Gasteiger partial charge in [-0.1, -0.05) is 35.3 Å². The number of hydrogen-bond acceptors (Lipinski definition) is 7. The lowest BCUT2D eigenvalue weighted by atomic mass is 9.79. The molecule has 5 atom stereocenters. The van der Waals surface area contributed by atoms with Gasteiger partial charge in [0.25, 0.3) is 0 Å². The van der Waals surface area contributed by atoms with Crippen LogP contribution in [0.5, 0.6) is 0 Å². The van der Waals surface area contributed by atoms with Gasteiger partial charge < -0.3 is 19.5 Å². The van der Waals surface area contributed by atoms with Gasteiger partial charge in [-0.2, -0.15) is 9.64 Å². The lowest BCUT2D eigenvalue weighted by Gasteiger charge is -2.39. The van der Waals surface area contributed by atoms with Gasteiger partial charge >= 0.3 is 0 Å². The third-order valence-electron chi connectivity index (χ3n) is 11.2. The fourth-order valence-corrected chi connectivity index (χ4v) is 9.54. The molecule has 5 aromatic rings. The number of aromatic nitrogens is 3. The highest BCUT2D eigenvalue weighted by atomic mass is 35.5. The lowest BCUT2D eigenvalue weighted by molar-refractivity contribution is -0.134. The van der Waals surface area contributed by atoms with Crippen LogP contribution >= 0.6 is 34.7 Å². The Kier molecular flexibility index (Phi) is 8.13. The number of hydrogen-bond donors (Lipinski definition) is 1. The van der Waals surface area contributed by atoms with Crippen LogP contribution in [0.4, 0.5) is 4.39 Å². The summed E-state index contributed by atoms with van der Waals surface area (Å²) >= 11 is 14.5. The zero-order valence-electron chi connectivity index (χ0n) is 27.5. The van der Waals surface area contributed by atoms with Gasteiger partial charge in [-0.3, -0.25) is 4.79 Å². The largest absolute Gasteiger partial charge is 0.370 e. The number of nitrogens with one attached hydrogen (secondary N) is 1. The topological polar surface area (TPSA) is 96.1 Å². The summed E-state index contributed by atoms with van der Waals surface area (Å²) in [6, 6.07) is 13.9. The molecule has 3 saturated heterocycles. The second-order valence-corrected chi connectivity index (χ2v) is 15.7. The van der Waals surface area contributed by atoms with E-state index in [0.29, 0.717) is 64.7 Å². The molecular formula is C38H35Cl2FN6O2S. The van der Waals surface area contributed by atoms with E-state index < -0.39 is 5.82 Å². The molecule has 3 aromatic heterocycles. The van der Waals surface area contributed by atoms with Crippen LogP contribution in [-0.4, -0.2) is 50.0 Å². The Morgan fingerprint density at radius 3 is 2.78 bits per heavy atom. The number of aryl methyl sites for hydroxylation is 2. The van der Waals surface area contributed by atoms with E-state index in [9.17, 15) is 10.1 Å². The van der Waals surface area contributed by atoms with Crippen molar-refractivity contribution < 1.29 is 13.9 Å². The van der Waals surface area contributed by atoms with Crippen LogP contribution in [0.25, 0.3) is 32.9 Å². The van der Waals surface area contributed by atoms with Gasteiger partial charge in [0.1, 0.15) is 5.52 Å². The molecule has 10 rings (SSSR count). The Bertz CT molecular complexity index is 2200. The first-order valence-electron chi connectivity index (χ1n) is 17.3. The molecule has 2 aliphatic carbocycles. The van der Waals surface area contributed by atoms with Crippen LogP contribution in [0.3, 0.4) is 0 Å². The molecule has 5 aliphatic rings. The number of nitrogens with zero attached hydrogens (tertiary/aromatic N) is 5. The first kappa shape index (κ1) is 32.3. The number of rotatable bonds is 9. The predicted octanol–water partition coefficient (Wildman–Crippen LogP) is 8.33. The molecule has 6 heterocycles. The van der Waals surface area contributed by atoms with E-state index >= 15 is 4.39 Å². The second-order valence-electron chi connectivity index (χ2n) is 14.2. The first-order chi connectivity index (χ1) is 24.3. The average Bonchev–Trinajstić information content (AvgIpc) is 3.62. The summed E-state index contributed by atoms with van der Waals surface area (Å²) in [5, 5.41) is 17.5. The van der Waals surface area contributed by atoms with Crippen molar-refractivity contribution >= 4 is 62.4 Å². The van der Waals surface area contributed by atoms with Gasteiger partial charge in [-0.25, -0.2) is 9.37 Å². The standard InChI is InChI=1S/C38H35Cl2FN6O2S/c1-19-26-15-31(30-14-24(49-18-23-9-11-50-45-23)17-46(30)38(48)20-7-8-20)47(36-22-13-29(36)43-16-22)37(26)27-12-21(4-3-10-42)32(34(41)35(27)44-19)25-5-2-6-28(39)33(25)40/h2,5-6,9,11-12,15,20,22,24,29-30,36,43H,3-4,7-8,13-14,16-18H2,1H3. The van der Waals surface area contributed by atoms with E-state index in [4.69, 9.17) is 32.9 Å². The van der Waals surface area contributed by atoms with Crippen molar-refractivity contribution in [1.29, 1.82) is 5.26 Å². The number of fused-ring (bicyclic) bond motifs is 4. The number of pyridine rings is 1. The lowest BCUT2D eigenvalue weighted by Crippen LogP contribution is -2.41. The van der Waals surface area contributed by atoms with Crippen LogP contribution in [0.2, 0.25) is 10.0 Å². The summed E-state index contributed by atoms with van der Waals surface area (Å²) in [4.78, 5) is 20.9. The Labute approximate surface area is 303 Å². The number of benzene rings is 2. The van der Waals surface area contributed by atoms with Crippen molar-refractivity contribution in [1.82, 2.24) is 24.1 Å². The van der Waals surface area contributed by atoms with E-state index in [2.05, 4.69) is 26.4 Å². The predicted molar refractivity (Wildman–Crippen MR) is 193 cm³/mol. The van der Waals surface area contributed by atoms with Crippen molar-refractivity contribution in [2.75, 3.05) is 13.1 Å². The first-order valence-corrected chi connectivity index (χ1v) is 18.9. The maximum Gasteiger partial charge on any atom is 0.226 e. The van der Waals surface area contributed by atoms with E-state index in [0.717, 1.165) is 48.1 Å². The molecule has 2 saturated carbocycles. The molecule has 5 fully saturated rings. The van der Waals surface area contributed by atoms with Crippen LogP contribution in [0, 0.1) is 35.9 Å². The van der Waals surface area contributed by atoms with Crippen LogP contribution in [0.15, 0.2) is 41.8 Å². The molecule has 1 N–H and O–H groups in total. The van der Waals surface area contributed by atoms with Gasteiger partial charge in [0.05, 0.1) is 52.1 Å². The quantitative estimate of drug-likeness (QED) is 0.164.